The van der Waals surface area contributed by atoms with E-state index >= 15 is 0 Å². The molecule has 0 N–H and O–H groups in total. The molecule has 0 aliphatic heterocycles. The number of rotatable bonds is 0. The molecule has 0 unspecified atom stereocenters. The van der Waals surface area contributed by atoms with E-state index < -0.39 is 48.3 Å². The average Bonchev–Trinajstić information content (AvgIpc) is 2.93. The van der Waals surface area contributed by atoms with E-state index in [0.29, 0.717) is 0 Å². The summed E-state index contributed by atoms with van der Waals surface area (Å²) in [7, 11) is 0. The van der Waals surface area contributed by atoms with Crippen LogP contribution in [0.5, 0.6) is 0 Å². The summed E-state index contributed by atoms with van der Waals surface area (Å²) in [4.78, 5) is 11.4. The molecule has 0 spiro atoms. The van der Waals surface area contributed by atoms with Gasteiger partial charge in [0.15, 0.2) is 11.2 Å². The van der Waals surface area contributed by atoms with Crippen LogP contribution in [0.15, 0.2) is 91.8 Å². The number of hydrogen-bond donors (Lipinski definition) is 0. The first-order valence-corrected chi connectivity index (χ1v) is 10.9. The van der Waals surface area contributed by atoms with Gasteiger partial charge in [-0.25, -0.2) is 0 Å². The molecule has 3 heterocycles. The van der Waals surface area contributed by atoms with Crippen LogP contribution < -0.4 is 10.2 Å². The van der Waals surface area contributed by atoms with Gasteiger partial charge < -0.3 is 15.7 Å². The zero-order valence-electron chi connectivity index (χ0n) is 22.4. The van der Waals surface area contributed by atoms with E-state index in [1.807, 2.05) is 54.6 Å². The summed E-state index contributed by atoms with van der Waals surface area (Å²) in [6.45, 7) is 0. The third-order valence-corrected chi connectivity index (χ3v) is 4.09. The Balaban J connectivity index is -0.000000263. The molecule has 0 fully saturated rings. The minimum Gasteiger partial charge on any atom is -2.00 e. The summed E-state index contributed by atoms with van der Waals surface area (Å²) in [5, 5.41) is 19.6. The molecule has 3 aromatic heterocycles. The van der Waals surface area contributed by atoms with Crippen LogP contribution in [-0.2, 0) is 26.5 Å². The smallest absolute Gasteiger partial charge is 0.397 e. The third-order valence-electron chi connectivity index (χ3n) is 4.09. The first-order valence-electron chi connectivity index (χ1n) is 10.9. The van der Waals surface area contributed by atoms with Gasteiger partial charge in [-0.15, -0.1) is 0 Å². The van der Waals surface area contributed by atoms with Crippen molar-refractivity contribution in [1.29, 1.82) is 0 Å². The molecule has 25 heteroatoms. The van der Waals surface area contributed by atoms with Crippen molar-refractivity contribution in [3.63, 3.8) is 0 Å². The van der Waals surface area contributed by atoms with Crippen LogP contribution in [0.4, 0.5) is 79.0 Å². The number of nitrogens with zero attached hydrogens (tertiary/aromatic N) is 3. The molecule has 3 rings (SSSR count). The van der Waals surface area contributed by atoms with Crippen molar-refractivity contribution in [1.82, 2.24) is 15.0 Å². The second-order valence-corrected chi connectivity index (χ2v) is 7.42. The largest absolute Gasteiger partial charge is 2.00 e. The van der Waals surface area contributed by atoms with Crippen molar-refractivity contribution in [2.45, 2.75) is 48.3 Å². The van der Waals surface area contributed by atoms with Gasteiger partial charge in [0.2, 0.25) is 0 Å². The second-order valence-electron chi connectivity index (χ2n) is 7.42. The Hall–Kier alpha value is -3.24. The number of hydrogen-bond acceptors (Lipinski definition) is 5. The van der Waals surface area contributed by atoms with Crippen molar-refractivity contribution >= 4 is 0 Å². The second kappa shape index (κ2) is 20.3. The summed E-state index contributed by atoms with van der Waals surface area (Å²) in [6, 6.07) is 17.1. The minimum absolute atomic E-state index is 0. The Labute approximate surface area is 271 Å². The zero-order valence-corrected chi connectivity index (χ0v) is 25.4. The zero-order chi connectivity index (χ0) is 36.7. The van der Waals surface area contributed by atoms with Crippen molar-refractivity contribution in [2.24, 2.45) is 0 Å². The molecule has 276 valence electrons. The van der Waals surface area contributed by atoms with E-state index in [0.717, 1.165) is 0 Å². The Morgan fingerprint density at radius 3 is 0.438 bits per heavy atom. The van der Waals surface area contributed by atoms with Crippen molar-refractivity contribution < 1.29 is 116 Å². The van der Waals surface area contributed by atoms with Gasteiger partial charge in [-0.05, 0) is 36.4 Å². The van der Waals surface area contributed by atoms with Crippen LogP contribution in [0.3, 0.4) is 0 Å². The van der Waals surface area contributed by atoms with Crippen LogP contribution in [0.1, 0.15) is 0 Å². The molecular formula is C23H15F18N3O3W-4. The summed E-state index contributed by atoms with van der Waals surface area (Å²) in [5.41, 5.74) is -13.9. The third kappa shape index (κ3) is 15.8. The Bertz CT molecular complexity index is 916. The molecule has 0 radical (unpaired) electrons. The molecule has 48 heavy (non-hydrogen) atoms. The van der Waals surface area contributed by atoms with Crippen molar-refractivity contribution in [3.05, 3.63) is 91.8 Å². The number of halogens is 18. The van der Waals surface area contributed by atoms with Gasteiger partial charge in [-0.1, -0.05) is 18.2 Å². The molecule has 0 amide bonds. The van der Waals surface area contributed by atoms with Crippen LogP contribution >= 0.6 is 0 Å². The predicted molar refractivity (Wildman–Crippen MR) is 115 cm³/mol. The fourth-order valence-corrected chi connectivity index (χ4v) is 1.90. The van der Waals surface area contributed by atoms with Gasteiger partial charge >= 0.3 is 37.1 Å². The molecule has 0 bridgehead atoms. The Morgan fingerprint density at radius 2 is 0.417 bits per heavy atom. The van der Waals surface area contributed by atoms with Gasteiger partial charge in [0.25, 0.3) is 0 Å². The average molecular weight is 907 g/mol. The number of pyridine rings is 3. The van der Waals surface area contributed by atoms with Gasteiger partial charge in [0, 0.05) is 58.2 Å². The summed E-state index contributed by atoms with van der Waals surface area (Å²) < 4.78 is 204. The number of aromatic nitrogens is 3. The van der Waals surface area contributed by atoms with Crippen LogP contribution in [-0.4, -0.2) is 63.2 Å². The molecule has 0 aromatic carbocycles. The topological polar surface area (TPSA) is 113 Å². The molecule has 0 aliphatic carbocycles. The molecule has 6 nitrogen and oxygen atoms in total. The Morgan fingerprint density at radius 1 is 0.292 bits per heavy atom. The SMILES string of the molecule is [O-2].[O-]C(C(F)(F)F)(C(F)(F)F)C(F)(F)F.[O-]C(C(F)(F)F)(C(F)(F)F)C(F)(F)F.[W].c1ccncc1.c1ccncc1.c1ccncc1. The molecule has 0 aliphatic rings. The van der Waals surface area contributed by atoms with E-state index in [2.05, 4.69) is 15.0 Å². The fraction of sp³-hybridized carbons (Fsp3) is 0.348. The van der Waals surface area contributed by atoms with Gasteiger partial charge in [-0.2, -0.15) is 79.0 Å². The predicted octanol–water partition coefficient (Wildman–Crippen LogP) is 6.67. The van der Waals surface area contributed by atoms with Crippen LogP contribution in [0, 0.1) is 0 Å². The molecular weight excluding hydrogens is 892 g/mol. The summed E-state index contributed by atoms with van der Waals surface area (Å²) in [5.74, 6) is 0. The standard InChI is InChI=1S/3C5H5N.2C4F9O.O.W/c3*1-2-4-6-5-3-1;2*5-2(6,7)1(14,3(8,9)10)4(11,12)13;;/h3*1-5H;;;;/q;;;2*-1;-2;. The van der Waals surface area contributed by atoms with E-state index in [4.69, 9.17) is 0 Å². The van der Waals surface area contributed by atoms with Gasteiger partial charge in [-0.3, -0.25) is 15.0 Å². The Kier molecular flexibility index (Phi) is 21.8. The van der Waals surface area contributed by atoms with Gasteiger partial charge in [0.05, 0.1) is 0 Å². The van der Waals surface area contributed by atoms with Gasteiger partial charge in [0.1, 0.15) is 0 Å². The van der Waals surface area contributed by atoms with E-state index in [9.17, 15) is 89.2 Å². The van der Waals surface area contributed by atoms with Crippen molar-refractivity contribution in [3.8, 4) is 0 Å². The monoisotopic (exact) mass is 907 g/mol. The van der Waals surface area contributed by atoms with E-state index in [-0.39, 0.29) is 26.5 Å². The normalized spacial score (nSPS) is 12.2. The van der Waals surface area contributed by atoms with E-state index in [1.54, 1.807) is 37.2 Å². The molecule has 0 saturated heterocycles. The maximum Gasteiger partial charge on any atom is 0.397 e. The maximum absolute atomic E-state index is 11.3. The van der Waals surface area contributed by atoms with Crippen LogP contribution in [0.2, 0.25) is 0 Å². The van der Waals surface area contributed by atoms with Crippen molar-refractivity contribution in [2.75, 3.05) is 0 Å². The molecule has 0 atom stereocenters. The maximum atomic E-state index is 11.3. The number of alkyl halides is 18. The molecule has 0 saturated carbocycles. The van der Waals surface area contributed by atoms with Crippen LogP contribution in [0.25, 0.3) is 0 Å². The van der Waals surface area contributed by atoms with E-state index in [1.165, 1.54) is 0 Å². The first-order chi connectivity index (χ1) is 20.5. The minimum atomic E-state index is -6.98. The quantitative estimate of drug-likeness (QED) is 0.234. The fourth-order valence-electron chi connectivity index (χ4n) is 1.90. The summed E-state index contributed by atoms with van der Waals surface area (Å²) in [6.07, 6.45) is -31.4. The molecule has 3 aromatic rings. The first kappa shape index (κ1) is 51.6. The summed E-state index contributed by atoms with van der Waals surface area (Å²) >= 11 is 0.